The first kappa shape index (κ1) is 34.1. The van der Waals surface area contributed by atoms with Gasteiger partial charge in [-0.15, -0.1) is 0 Å². The highest BCUT2D eigenvalue weighted by Crippen LogP contribution is 2.54. The maximum atomic E-state index is 7.52. The van der Waals surface area contributed by atoms with Crippen LogP contribution in [0.4, 0.5) is 45.5 Å². The fraction of sp³-hybridized carbons (Fsp3) is 0.222. The molecule has 0 atom stereocenters. The van der Waals surface area contributed by atoms with Crippen molar-refractivity contribution in [1.29, 1.82) is 0 Å². The van der Waals surface area contributed by atoms with E-state index in [-0.39, 0.29) is 13.4 Å². The van der Waals surface area contributed by atoms with Gasteiger partial charge in [-0.25, -0.2) is 0 Å². The normalized spacial score (nSPS) is 17.6. The SMILES string of the molecule is c1ccc(N2c3ccccc3B3c4cc5c(cc4Oc4c6c7c(c2c43)CCCN7CCC6)Oc2c3c4c(c6c2B5c2ccccc2N6c2ccccc2)CCCN4CCC3)cc1. The van der Waals surface area contributed by atoms with Crippen LogP contribution in [0.2, 0.25) is 0 Å². The molecule has 8 heterocycles. The number of benzene rings is 7. The lowest BCUT2D eigenvalue weighted by molar-refractivity contribution is 0.455. The number of para-hydroxylation sites is 4. The topological polar surface area (TPSA) is 31.4 Å². The molecule has 0 aliphatic carbocycles. The molecule has 7 aromatic rings. The van der Waals surface area contributed by atoms with Gasteiger partial charge in [-0.2, -0.15) is 0 Å². The van der Waals surface area contributed by atoms with Gasteiger partial charge in [0.15, 0.2) is 0 Å². The molecule has 0 saturated carbocycles. The van der Waals surface area contributed by atoms with E-state index in [0.717, 1.165) is 87.7 Å². The van der Waals surface area contributed by atoms with Gasteiger partial charge < -0.3 is 29.1 Å². The summed E-state index contributed by atoms with van der Waals surface area (Å²) in [7, 11) is 0. The molecule has 0 unspecified atom stereocenters. The summed E-state index contributed by atoms with van der Waals surface area (Å²) in [5.41, 5.74) is 24.1. The molecule has 298 valence electrons. The van der Waals surface area contributed by atoms with Crippen molar-refractivity contribution < 1.29 is 9.47 Å². The molecule has 7 aromatic carbocycles. The van der Waals surface area contributed by atoms with E-state index in [1.165, 1.54) is 113 Å². The Balaban J connectivity index is 1.02. The van der Waals surface area contributed by atoms with Crippen LogP contribution in [0.1, 0.15) is 47.9 Å². The van der Waals surface area contributed by atoms with E-state index >= 15 is 0 Å². The molecule has 0 spiro atoms. The van der Waals surface area contributed by atoms with Crippen molar-refractivity contribution in [2.45, 2.75) is 51.4 Å². The molecule has 0 saturated heterocycles. The second kappa shape index (κ2) is 12.5. The third-order valence-electron chi connectivity index (χ3n) is 15.5. The largest absolute Gasteiger partial charge is 0.458 e. The molecule has 0 amide bonds. The maximum Gasteiger partial charge on any atom is 0.256 e. The molecule has 0 aromatic heterocycles. The maximum absolute atomic E-state index is 7.52. The number of rotatable bonds is 2. The summed E-state index contributed by atoms with van der Waals surface area (Å²) in [5.74, 6) is 4.04. The molecular weight excluding hydrogens is 758 g/mol. The number of anilines is 8. The summed E-state index contributed by atoms with van der Waals surface area (Å²) in [6, 6.07) is 45.3. The summed E-state index contributed by atoms with van der Waals surface area (Å²) in [5, 5.41) is 0. The molecule has 62 heavy (non-hydrogen) atoms. The highest BCUT2D eigenvalue weighted by Gasteiger charge is 2.50. The number of nitrogens with zero attached hydrogens (tertiary/aromatic N) is 4. The van der Waals surface area contributed by atoms with Crippen LogP contribution in [0.5, 0.6) is 23.0 Å². The highest BCUT2D eigenvalue weighted by molar-refractivity contribution is 7.02. The van der Waals surface area contributed by atoms with Gasteiger partial charge in [-0.1, -0.05) is 78.9 Å². The average Bonchev–Trinajstić information content (AvgIpc) is 3.33. The number of hydrogen-bond acceptors (Lipinski definition) is 6. The van der Waals surface area contributed by atoms with Crippen molar-refractivity contribution in [2.24, 2.45) is 0 Å². The van der Waals surface area contributed by atoms with E-state index in [0.29, 0.717) is 0 Å². The van der Waals surface area contributed by atoms with Crippen molar-refractivity contribution in [3.8, 4) is 23.0 Å². The molecule has 8 heteroatoms. The van der Waals surface area contributed by atoms with Crippen LogP contribution in [0.25, 0.3) is 0 Å². The lowest BCUT2D eigenvalue weighted by atomic mass is 9.30. The van der Waals surface area contributed by atoms with Gasteiger partial charge in [0.2, 0.25) is 0 Å². The van der Waals surface area contributed by atoms with Gasteiger partial charge in [0, 0.05) is 77.5 Å². The Bertz CT molecular complexity index is 2890. The van der Waals surface area contributed by atoms with E-state index in [4.69, 9.17) is 9.47 Å². The number of fused-ring (bicyclic) bond motifs is 12. The second-order valence-corrected chi connectivity index (χ2v) is 18.6. The Labute approximate surface area is 363 Å². The molecule has 0 fully saturated rings. The zero-order chi connectivity index (χ0) is 40.2. The van der Waals surface area contributed by atoms with Gasteiger partial charge in [0.25, 0.3) is 13.4 Å². The van der Waals surface area contributed by atoms with Crippen molar-refractivity contribution in [3.05, 3.63) is 144 Å². The summed E-state index contributed by atoms with van der Waals surface area (Å²) in [6.07, 6.45) is 8.86. The van der Waals surface area contributed by atoms with Crippen LogP contribution < -0.4 is 61.9 Å². The van der Waals surface area contributed by atoms with Crippen LogP contribution in [-0.4, -0.2) is 39.6 Å². The van der Waals surface area contributed by atoms with Crippen LogP contribution in [0, 0.1) is 0 Å². The molecule has 0 N–H and O–H groups in total. The van der Waals surface area contributed by atoms with Gasteiger partial charge in [0.1, 0.15) is 23.0 Å². The average molecular weight is 803 g/mol. The molecule has 6 nitrogen and oxygen atoms in total. The summed E-state index contributed by atoms with van der Waals surface area (Å²) >= 11 is 0. The number of hydrogen-bond donors (Lipinski definition) is 0. The van der Waals surface area contributed by atoms with Crippen molar-refractivity contribution >= 4 is 91.7 Å². The first-order valence-electron chi connectivity index (χ1n) is 23.1. The fourth-order valence-electron chi connectivity index (χ4n) is 13.3. The third-order valence-corrected chi connectivity index (χ3v) is 15.5. The minimum atomic E-state index is 0.0165. The lowest BCUT2D eigenvalue weighted by Crippen LogP contribution is -2.64. The van der Waals surface area contributed by atoms with Crippen molar-refractivity contribution in [3.63, 3.8) is 0 Å². The third kappa shape index (κ3) is 4.37. The molecule has 15 rings (SSSR count). The lowest BCUT2D eigenvalue weighted by Gasteiger charge is -2.47. The summed E-state index contributed by atoms with van der Waals surface area (Å²) < 4.78 is 15.0. The van der Waals surface area contributed by atoms with Crippen molar-refractivity contribution in [2.75, 3.05) is 45.8 Å². The van der Waals surface area contributed by atoms with E-state index in [9.17, 15) is 0 Å². The minimum absolute atomic E-state index is 0.0165. The van der Waals surface area contributed by atoms with Gasteiger partial charge in [-0.05, 0) is 132 Å². The predicted octanol–water partition coefficient (Wildman–Crippen LogP) is 7.89. The number of ether oxygens (including phenoxy) is 2. The van der Waals surface area contributed by atoms with Gasteiger partial charge >= 0.3 is 0 Å². The molecule has 8 aliphatic heterocycles. The highest BCUT2D eigenvalue weighted by atomic mass is 16.5. The molecule has 0 bridgehead atoms. The Morgan fingerprint density at radius 1 is 0.387 bits per heavy atom. The summed E-state index contributed by atoms with van der Waals surface area (Å²) in [4.78, 5) is 10.5. The Kier molecular flexibility index (Phi) is 6.89. The van der Waals surface area contributed by atoms with Crippen LogP contribution >= 0.6 is 0 Å². The Morgan fingerprint density at radius 2 is 0.790 bits per heavy atom. The molecule has 0 radical (unpaired) electrons. The zero-order valence-electron chi connectivity index (χ0n) is 34.8. The first-order valence-corrected chi connectivity index (χ1v) is 23.1. The van der Waals surface area contributed by atoms with Gasteiger partial charge in [0.05, 0.1) is 11.4 Å². The molecular formula is C54H44B2N4O2. The van der Waals surface area contributed by atoms with E-state index < -0.39 is 0 Å². The monoisotopic (exact) mass is 802 g/mol. The van der Waals surface area contributed by atoms with Crippen LogP contribution in [-0.2, 0) is 25.7 Å². The first-order chi connectivity index (χ1) is 30.8. The van der Waals surface area contributed by atoms with E-state index in [1.807, 2.05) is 0 Å². The smallest absolute Gasteiger partial charge is 0.256 e. The van der Waals surface area contributed by atoms with Crippen molar-refractivity contribution in [1.82, 2.24) is 0 Å². The second-order valence-electron chi connectivity index (χ2n) is 18.6. The van der Waals surface area contributed by atoms with Gasteiger partial charge in [-0.3, -0.25) is 0 Å². The van der Waals surface area contributed by atoms with Crippen LogP contribution in [0.15, 0.2) is 121 Å². The fourth-order valence-corrected chi connectivity index (χ4v) is 13.3. The Morgan fingerprint density at radius 3 is 1.24 bits per heavy atom. The van der Waals surface area contributed by atoms with Crippen LogP contribution in [0.3, 0.4) is 0 Å². The Hall–Kier alpha value is -6.53. The van der Waals surface area contributed by atoms with E-state index in [1.54, 1.807) is 0 Å². The van der Waals surface area contributed by atoms with E-state index in [2.05, 4.69) is 141 Å². The zero-order valence-corrected chi connectivity index (χ0v) is 34.8. The standard InChI is InChI=1S/C54H44B2N4O2/c1-3-15-33(16-4-1)59-43-25-9-7-23-39(43)55-41-31-42-46(32-45(41)61-53-37-21-13-29-57-27-11-19-35(49(37)57)51(59)47(53)55)62-54-38-22-14-30-58-28-12-20-36(50(38)58)52-48(54)56(42)40-24-8-10-26-44(40)60(52)34-17-5-2-6-18-34/h1-10,15-18,23-26,31-32H,11-14,19-22,27-30H2. The predicted molar refractivity (Wildman–Crippen MR) is 256 cm³/mol. The minimum Gasteiger partial charge on any atom is -0.458 e. The quantitative estimate of drug-likeness (QED) is 0.166. The molecule has 8 aliphatic rings. The summed E-state index contributed by atoms with van der Waals surface area (Å²) in [6.45, 7) is 4.47.